The highest BCUT2D eigenvalue weighted by Crippen LogP contribution is 2.30. The monoisotopic (exact) mass is 332 g/mol. The zero-order chi connectivity index (χ0) is 16.4. The van der Waals surface area contributed by atoms with Crippen molar-refractivity contribution in [3.63, 3.8) is 0 Å². The first-order valence-corrected chi connectivity index (χ1v) is 9.31. The Morgan fingerprint density at radius 1 is 1.21 bits per heavy atom. The van der Waals surface area contributed by atoms with Crippen molar-refractivity contribution >= 4 is 5.96 Å². The van der Waals surface area contributed by atoms with Gasteiger partial charge in [0.2, 0.25) is 0 Å². The molecule has 1 N–H and O–H groups in total. The first-order valence-electron chi connectivity index (χ1n) is 9.31. The maximum atomic E-state index is 6.03. The summed E-state index contributed by atoms with van der Waals surface area (Å²) in [5.41, 5.74) is 0. The molecule has 3 aliphatic rings. The summed E-state index contributed by atoms with van der Waals surface area (Å²) in [5.74, 6) is 3.95. The number of hydrogen-bond donors (Lipinski definition) is 1. The van der Waals surface area contributed by atoms with Crippen molar-refractivity contribution < 1.29 is 4.74 Å². The van der Waals surface area contributed by atoms with Gasteiger partial charge < -0.3 is 19.5 Å². The molecular weight excluding hydrogens is 304 g/mol. The maximum Gasteiger partial charge on any atom is 0.194 e. The molecule has 1 aromatic rings. The van der Waals surface area contributed by atoms with E-state index >= 15 is 0 Å². The fourth-order valence-electron chi connectivity index (χ4n) is 3.62. The SMILES string of the molecule is CN=C(NCc1nnc2n1CCC2)N1CCC(OCC2CC2)CC1. The minimum atomic E-state index is 0.430. The molecule has 1 saturated carbocycles. The zero-order valence-corrected chi connectivity index (χ0v) is 14.6. The van der Waals surface area contributed by atoms with E-state index in [0.717, 1.165) is 69.0 Å². The second-order valence-electron chi connectivity index (χ2n) is 7.15. The molecule has 7 heteroatoms. The predicted molar refractivity (Wildman–Crippen MR) is 91.8 cm³/mol. The van der Waals surface area contributed by atoms with Crippen molar-refractivity contribution in [1.29, 1.82) is 0 Å². The number of ether oxygens (including phenoxy) is 1. The number of nitrogens with zero attached hydrogens (tertiary/aromatic N) is 5. The Kier molecular flexibility index (Phi) is 4.69. The number of aromatic nitrogens is 3. The molecule has 1 saturated heterocycles. The first-order chi connectivity index (χ1) is 11.8. The maximum absolute atomic E-state index is 6.03. The van der Waals surface area contributed by atoms with Crippen LogP contribution in [-0.4, -0.2) is 58.5 Å². The van der Waals surface area contributed by atoms with E-state index in [1.807, 2.05) is 7.05 Å². The summed E-state index contributed by atoms with van der Waals surface area (Å²) in [6.45, 7) is 4.72. The van der Waals surface area contributed by atoms with E-state index in [4.69, 9.17) is 4.74 Å². The van der Waals surface area contributed by atoms with Gasteiger partial charge in [-0.15, -0.1) is 10.2 Å². The van der Waals surface area contributed by atoms with Gasteiger partial charge in [0.25, 0.3) is 0 Å². The smallest absolute Gasteiger partial charge is 0.194 e. The number of likely N-dealkylation sites (tertiary alicyclic amines) is 1. The van der Waals surface area contributed by atoms with E-state index in [9.17, 15) is 0 Å². The summed E-state index contributed by atoms with van der Waals surface area (Å²) in [6, 6.07) is 0. The third-order valence-corrected chi connectivity index (χ3v) is 5.31. The van der Waals surface area contributed by atoms with E-state index in [2.05, 4.69) is 30.0 Å². The summed E-state index contributed by atoms with van der Waals surface area (Å²) >= 11 is 0. The molecule has 2 fully saturated rings. The van der Waals surface area contributed by atoms with Crippen molar-refractivity contribution in [1.82, 2.24) is 25.0 Å². The predicted octanol–water partition coefficient (Wildman–Crippen LogP) is 1.19. The lowest BCUT2D eigenvalue weighted by atomic mass is 10.1. The number of rotatable bonds is 5. The normalized spacial score (nSPS) is 22.0. The van der Waals surface area contributed by atoms with E-state index < -0.39 is 0 Å². The van der Waals surface area contributed by atoms with Crippen LogP contribution in [0.1, 0.15) is 43.8 Å². The minimum absolute atomic E-state index is 0.430. The van der Waals surface area contributed by atoms with E-state index in [-0.39, 0.29) is 0 Å². The van der Waals surface area contributed by atoms with Gasteiger partial charge in [0.05, 0.1) is 12.6 Å². The van der Waals surface area contributed by atoms with Gasteiger partial charge >= 0.3 is 0 Å². The Balaban J connectivity index is 1.25. The van der Waals surface area contributed by atoms with E-state index in [0.29, 0.717) is 12.6 Å². The standard InChI is InChI=1S/C17H28N6O/c1-18-17(19-11-16-21-20-15-3-2-8-23(15)16)22-9-6-14(7-10-22)24-12-13-4-5-13/h13-14H,2-12H2,1H3,(H,18,19). The first kappa shape index (κ1) is 15.9. The number of aryl methyl sites for hydroxylation is 1. The fourth-order valence-corrected chi connectivity index (χ4v) is 3.62. The molecule has 4 rings (SSSR count). The topological polar surface area (TPSA) is 67.6 Å². The van der Waals surface area contributed by atoms with Gasteiger partial charge in [0.15, 0.2) is 11.8 Å². The molecule has 0 spiro atoms. The molecule has 0 aromatic carbocycles. The Morgan fingerprint density at radius 3 is 2.79 bits per heavy atom. The third kappa shape index (κ3) is 3.55. The molecule has 1 aromatic heterocycles. The number of hydrogen-bond acceptors (Lipinski definition) is 4. The molecule has 0 atom stereocenters. The largest absolute Gasteiger partial charge is 0.378 e. The molecule has 1 aliphatic carbocycles. The van der Waals surface area contributed by atoms with Crippen LogP contribution in [0.25, 0.3) is 0 Å². The highest BCUT2D eigenvalue weighted by atomic mass is 16.5. The number of aliphatic imine (C=N–C) groups is 1. The van der Waals surface area contributed by atoms with Gasteiger partial charge in [-0.1, -0.05) is 0 Å². The average Bonchev–Trinajstić information content (AvgIpc) is 3.19. The van der Waals surface area contributed by atoms with Gasteiger partial charge in [-0.3, -0.25) is 4.99 Å². The number of guanidine groups is 1. The molecule has 3 heterocycles. The van der Waals surface area contributed by atoms with E-state index in [1.54, 1.807) is 0 Å². The molecule has 24 heavy (non-hydrogen) atoms. The minimum Gasteiger partial charge on any atom is -0.378 e. The van der Waals surface area contributed by atoms with Crippen molar-refractivity contribution in [2.75, 3.05) is 26.7 Å². The molecule has 0 bridgehead atoms. The van der Waals surface area contributed by atoms with Gasteiger partial charge in [0, 0.05) is 39.7 Å². The molecule has 2 aliphatic heterocycles. The van der Waals surface area contributed by atoms with Crippen LogP contribution >= 0.6 is 0 Å². The quantitative estimate of drug-likeness (QED) is 0.648. The van der Waals surface area contributed by atoms with Crippen LogP contribution in [0.4, 0.5) is 0 Å². The molecule has 0 unspecified atom stereocenters. The van der Waals surface area contributed by atoms with Gasteiger partial charge in [-0.2, -0.15) is 0 Å². The van der Waals surface area contributed by atoms with Gasteiger partial charge in [0.1, 0.15) is 5.82 Å². The highest BCUT2D eigenvalue weighted by Gasteiger charge is 2.26. The molecule has 0 amide bonds. The van der Waals surface area contributed by atoms with Gasteiger partial charge in [-0.05, 0) is 38.0 Å². The van der Waals surface area contributed by atoms with Crippen LogP contribution in [0, 0.1) is 5.92 Å². The van der Waals surface area contributed by atoms with E-state index in [1.165, 1.54) is 19.3 Å². The Morgan fingerprint density at radius 2 is 2.04 bits per heavy atom. The summed E-state index contributed by atoms with van der Waals surface area (Å²) in [5, 5.41) is 12.0. The third-order valence-electron chi connectivity index (χ3n) is 5.31. The van der Waals surface area contributed by atoms with Crippen LogP contribution in [0.3, 0.4) is 0 Å². The molecule has 0 radical (unpaired) electrons. The number of nitrogens with one attached hydrogen (secondary N) is 1. The van der Waals surface area contributed by atoms with Crippen molar-refractivity contribution in [2.24, 2.45) is 10.9 Å². The van der Waals surface area contributed by atoms with Crippen molar-refractivity contribution in [3.05, 3.63) is 11.6 Å². The second kappa shape index (κ2) is 7.09. The molecular formula is C17H28N6O. The summed E-state index contributed by atoms with van der Waals surface area (Å²) in [4.78, 5) is 6.78. The Hall–Kier alpha value is -1.63. The lowest BCUT2D eigenvalue weighted by Crippen LogP contribution is -2.47. The molecule has 7 nitrogen and oxygen atoms in total. The summed E-state index contributed by atoms with van der Waals surface area (Å²) < 4.78 is 8.26. The highest BCUT2D eigenvalue weighted by molar-refractivity contribution is 5.79. The van der Waals surface area contributed by atoms with Crippen LogP contribution in [0.5, 0.6) is 0 Å². The van der Waals surface area contributed by atoms with Crippen LogP contribution in [-0.2, 0) is 24.2 Å². The van der Waals surface area contributed by atoms with Crippen molar-refractivity contribution in [3.8, 4) is 0 Å². The lowest BCUT2D eigenvalue weighted by molar-refractivity contribution is 0.0131. The lowest BCUT2D eigenvalue weighted by Gasteiger charge is -2.34. The second-order valence-corrected chi connectivity index (χ2v) is 7.15. The summed E-state index contributed by atoms with van der Waals surface area (Å²) in [6.07, 6.45) is 7.57. The average molecular weight is 332 g/mol. The van der Waals surface area contributed by atoms with Crippen molar-refractivity contribution in [2.45, 2.75) is 57.7 Å². The van der Waals surface area contributed by atoms with Gasteiger partial charge in [-0.25, -0.2) is 0 Å². The van der Waals surface area contributed by atoms with Crippen LogP contribution < -0.4 is 5.32 Å². The Labute approximate surface area is 143 Å². The fraction of sp³-hybridized carbons (Fsp3) is 0.824. The zero-order valence-electron chi connectivity index (χ0n) is 14.6. The molecule has 132 valence electrons. The number of fused-ring (bicyclic) bond motifs is 1. The van der Waals surface area contributed by atoms with Crippen LogP contribution in [0.15, 0.2) is 4.99 Å². The number of piperidine rings is 1. The summed E-state index contributed by atoms with van der Waals surface area (Å²) in [7, 11) is 1.85. The Bertz CT molecular complexity index is 586. The van der Waals surface area contributed by atoms with Crippen LogP contribution in [0.2, 0.25) is 0 Å².